The average molecular weight is 703 g/mol. The van der Waals surface area contributed by atoms with Gasteiger partial charge in [-0.25, -0.2) is 9.59 Å². The summed E-state index contributed by atoms with van der Waals surface area (Å²) in [6, 6.07) is 13.8. The lowest BCUT2D eigenvalue weighted by Gasteiger charge is -2.42. The van der Waals surface area contributed by atoms with Crippen LogP contribution in [0.4, 0.5) is 21.0 Å². The molecule has 2 amide bonds. The molecular formula is C34H46N2O12Si. The summed E-state index contributed by atoms with van der Waals surface area (Å²) in [4.78, 5) is 60.5. The predicted molar refractivity (Wildman–Crippen MR) is 180 cm³/mol. The van der Waals surface area contributed by atoms with Crippen molar-refractivity contribution in [1.29, 1.82) is 0 Å². The van der Waals surface area contributed by atoms with E-state index in [0.717, 1.165) is 26.3 Å². The minimum Gasteiger partial charge on any atom is -0.456 e. The quantitative estimate of drug-likeness (QED) is 0.158. The molecule has 268 valence electrons. The molecule has 1 aliphatic rings. The number of anilines is 2. The Morgan fingerprint density at radius 3 is 1.61 bits per heavy atom. The Kier molecular flexibility index (Phi) is 13.3. The van der Waals surface area contributed by atoms with E-state index in [4.69, 9.17) is 32.8 Å². The van der Waals surface area contributed by atoms with Crippen LogP contribution in [-0.4, -0.2) is 69.1 Å². The molecule has 1 saturated heterocycles. The van der Waals surface area contributed by atoms with E-state index >= 15 is 0 Å². The molecule has 0 bridgehead atoms. The second kappa shape index (κ2) is 16.8. The van der Waals surface area contributed by atoms with Gasteiger partial charge in [-0.2, -0.15) is 0 Å². The first-order valence-corrected chi connectivity index (χ1v) is 18.7. The van der Waals surface area contributed by atoms with Gasteiger partial charge in [-0.1, -0.05) is 45.0 Å². The summed E-state index contributed by atoms with van der Waals surface area (Å²) in [6.07, 6.45) is -7.89. The molecule has 0 saturated carbocycles. The van der Waals surface area contributed by atoms with E-state index in [-0.39, 0.29) is 11.6 Å². The number of nitrogens with one attached hydrogen (secondary N) is 2. The fourth-order valence-corrected chi connectivity index (χ4v) is 5.43. The van der Waals surface area contributed by atoms with E-state index in [1.54, 1.807) is 36.4 Å². The Balaban J connectivity index is 1.53. The number of hydrogen-bond donors (Lipinski definition) is 2. The van der Waals surface area contributed by atoms with Crippen molar-refractivity contribution in [2.24, 2.45) is 0 Å². The maximum absolute atomic E-state index is 12.8. The number of ether oxygens (including phenoxy) is 6. The molecule has 5 unspecified atom stereocenters. The Bertz CT molecular complexity index is 1470. The van der Waals surface area contributed by atoms with E-state index in [2.05, 4.69) is 44.5 Å². The molecule has 49 heavy (non-hydrogen) atoms. The number of benzene rings is 2. The zero-order valence-corrected chi connectivity index (χ0v) is 30.3. The summed E-state index contributed by atoms with van der Waals surface area (Å²) < 4.78 is 38.5. The zero-order valence-electron chi connectivity index (χ0n) is 29.3. The van der Waals surface area contributed by atoms with Crippen LogP contribution in [0.5, 0.6) is 0 Å². The highest BCUT2D eigenvalue weighted by molar-refractivity contribution is 6.74. The number of carbonyl (C=O) groups is 5. The van der Waals surface area contributed by atoms with Crippen molar-refractivity contribution in [3.05, 3.63) is 59.7 Å². The van der Waals surface area contributed by atoms with Gasteiger partial charge in [0.2, 0.25) is 12.4 Å². The number of rotatable bonds is 11. The highest BCUT2D eigenvalue weighted by Gasteiger charge is 2.52. The molecule has 2 N–H and O–H groups in total. The predicted octanol–water partition coefficient (Wildman–Crippen LogP) is 6.05. The van der Waals surface area contributed by atoms with Crippen LogP contribution < -0.4 is 10.6 Å². The topological polar surface area (TPSA) is 174 Å². The number of esters is 3. The van der Waals surface area contributed by atoms with Gasteiger partial charge < -0.3 is 32.8 Å². The van der Waals surface area contributed by atoms with Gasteiger partial charge in [-0.3, -0.25) is 25.0 Å². The highest BCUT2D eigenvalue weighted by atomic mass is 28.4. The third kappa shape index (κ3) is 11.9. The van der Waals surface area contributed by atoms with Gasteiger partial charge in [0.05, 0.1) is 12.7 Å². The minimum atomic E-state index is -1.88. The molecule has 14 nitrogen and oxygen atoms in total. The molecule has 0 spiro atoms. The van der Waals surface area contributed by atoms with Crippen molar-refractivity contribution in [2.45, 2.75) is 111 Å². The zero-order chi connectivity index (χ0) is 36.5. The van der Waals surface area contributed by atoms with E-state index in [1.165, 1.54) is 6.92 Å². The van der Waals surface area contributed by atoms with E-state index < -0.39 is 69.1 Å². The summed E-state index contributed by atoms with van der Waals surface area (Å²) in [5, 5.41) is 5.33. The molecule has 3 rings (SSSR count). The lowest BCUT2D eigenvalue weighted by Crippen LogP contribution is -2.61. The third-order valence-electron chi connectivity index (χ3n) is 8.03. The lowest BCUT2D eigenvalue weighted by molar-refractivity contribution is -0.285. The molecule has 15 heteroatoms. The van der Waals surface area contributed by atoms with Gasteiger partial charge in [-0.05, 0) is 60.4 Å². The fraction of sp³-hybridized carbons (Fsp3) is 0.500. The van der Waals surface area contributed by atoms with E-state index in [9.17, 15) is 24.0 Å². The van der Waals surface area contributed by atoms with E-state index in [0.29, 0.717) is 23.5 Å². The lowest BCUT2D eigenvalue weighted by atomic mass is 9.99. The number of carbonyl (C=O) groups excluding carboxylic acids is 5. The second-order valence-electron chi connectivity index (χ2n) is 13.1. The maximum Gasteiger partial charge on any atom is 0.414 e. The van der Waals surface area contributed by atoms with Crippen molar-refractivity contribution in [2.75, 3.05) is 10.6 Å². The number of amides is 2. The summed E-state index contributed by atoms with van der Waals surface area (Å²) in [5.41, 5.74) is 2.56. The summed E-state index contributed by atoms with van der Waals surface area (Å²) in [5.74, 6) is -2.20. The number of hydrogen-bond acceptors (Lipinski definition) is 12. The van der Waals surface area contributed by atoms with Crippen LogP contribution in [0.3, 0.4) is 0 Å². The van der Waals surface area contributed by atoms with Crippen LogP contribution >= 0.6 is 0 Å². The van der Waals surface area contributed by atoms with Gasteiger partial charge in [0, 0.05) is 32.1 Å². The largest absolute Gasteiger partial charge is 0.456 e. The van der Waals surface area contributed by atoms with Crippen LogP contribution in [0.25, 0.3) is 0 Å². The minimum absolute atomic E-state index is 0.0338. The van der Waals surface area contributed by atoms with Crippen molar-refractivity contribution < 1.29 is 56.8 Å². The SMILES string of the molecule is CC(=O)OC1C(C)OC(OC(=O)Nc2ccc(COC(=O)Nc3ccc(CO[Si](C)(C)C(C)(C)C)cc3)cc2)C(OC(C)=O)C1OC(C)=O. The standard InChI is InChI=1S/C34H46N2O12Si/c1-20-28(45-21(2)37)29(46-22(3)38)30(47-23(4)39)31(44-20)48-33(41)36-27-14-10-24(11-15-27)18-42-32(40)35-26-16-12-25(13-17-26)19-43-49(8,9)34(5,6)7/h10-17,20,28-31H,18-19H2,1-9H3,(H,35,40)(H,36,41). The van der Waals surface area contributed by atoms with Crippen LogP contribution in [0.1, 0.15) is 59.6 Å². The summed E-state index contributed by atoms with van der Waals surface area (Å²) in [7, 11) is -1.88. The molecule has 1 heterocycles. The molecule has 1 aliphatic heterocycles. The van der Waals surface area contributed by atoms with Gasteiger partial charge in [0.1, 0.15) is 6.61 Å². The molecule has 1 fully saturated rings. The molecule has 0 aliphatic carbocycles. The Morgan fingerprint density at radius 2 is 1.12 bits per heavy atom. The first-order chi connectivity index (χ1) is 22.8. The van der Waals surface area contributed by atoms with Crippen LogP contribution in [0.15, 0.2) is 48.5 Å². The third-order valence-corrected chi connectivity index (χ3v) is 12.5. The smallest absolute Gasteiger partial charge is 0.414 e. The first-order valence-electron chi connectivity index (χ1n) is 15.7. The van der Waals surface area contributed by atoms with Gasteiger partial charge >= 0.3 is 30.1 Å². The van der Waals surface area contributed by atoms with Crippen molar-refractivity contribution >= 4 is 49.8 Å². The van der Waals surface area contributed by atoms with Crippen molar-refractivity contribution in [3.8, 4) is 0 Å². The molecule has 2 aromatic rings. The van der Waals surface area contributed by atoms with Gasteiger partial charge in [0.25, 0.3) is 0 Å². The Hall–Kier alpha value is -4.47. The molecule has 2 aromatic carbocycles. The van der Waals surface area contributed by atoms with Crippen molar-refractivity contribution in [1.82, 2.24) is 0 Å². The monoisotopic (exact) mass is 702 g/mol. The van der Waals surface area contributed by atoms with Crippen molar-refractivity contribution in [3.63, 3.8) is 0 Å². The second-order valence-corrected chi connectivity index (χ2v) is 17.9. The van der Waals surface area contributed by atoms with Gasteiger partial charge in [-0.15, -0.1) is 0 Å². The molecule has 0 radical (unpaired) electrons. The maximum atomic E-state index is 12.8. The summed E-state index contributed by atoms with van der Waals surface area (Å²) >= 11 is 0. The van der Waals surface area contributed by atoms with Crippen LogP contribution in [-0.2, 0) is 60.4 Å². The molecule has 5 atom stereocenters. The van der Waals surface area contributed by atoms with Crippen LogP contribution in [0, 0.1) is 0 Å². The Morgan fingerprint density at radius 1 is 0.673 bits per heavy atom. The summed E-state index contributed by atoms with van der Waals surface area (Å²) in [6.45, 7) is 16.3. The molecular weight excluding hydrogens is 656 g/mol. The Labute approximate surface area is 287 Å². The van der Waals surface area contributed by atoms with E-state index in [1.807, 2.05) is 12.1 Å². The van der Waals surface area contributed by atoms with Crippen LogP contribution in [0.2, 0.25) is 18.1 Å². The highest BCUT2D eigenvalue weighted by Crippen LogP contribution is 2.37. The molecule has 0 aromatic heterocycles. The fourth-order valence-electron chi connectivity index (χ4n) is 4.47. The normalized spacial score (nSPS) is 20.7. The van der Waals surface area contributed by atoms with Gasteiger partial charge in [0.15, 0.2) is 20.5 Å². The first kappa shape index (κ1) is 39.0. The average Bonchev–Trinajstić information content (AvgIpc) is 2.99.